The lowest BCUT2D eigenvalue weighted by Gasteiger charge is -2.28. The molecule has 1 fully saturated rings. The molecule has 0 aromatic rings. The van der Waals surface area contributed by atoms with E-state index in [0.29, 0.717) is 19.5 Å². The average molecular weight is 210 g/mol. The molecule has 5 heteroatoms. The summed E-state index contributed by atoms with van der Waals surface area (Å²) < 4.78 is 37.1. The van der Waals surface area contributed by atoms with Gasteiger partial charge in [0, 0.05) is 18.6 Å². The van der Waals surface area contributed by atoms with Crippen molar-refractivity contribution < 1.29 is 13.2 Å². The molecule has 1 aliphatic heterocycles. The van der Waals surface area contributed by atoms with Gasteiger partial charge in [0.25, 0.3) is 0 Å². The van der Waals surface area contributed by atoms with E-state index in [1.54, 1.807) is 0 Å². The Morgan fingerprint density at radius 1 is 1.50 bits per heavy atom. The second-order valence-corrected chi connectivity index (χ2v) is 4.15. The molecule has 0 radical (unpaired) electrons. The van der Waals surface area contributed by atoms with Crippen molar-refractivity contribution in [2.75, 3.05) is 13.1 Å². The molecule has 0 aromatic carbocycles. The lowest BCUT2D eigenvalue weighted by molar-refractivity contribution is -0.176. The maximum atomic E-state index is 12.4. The van der Waals surface area contributed by atoms with Crippen LogP contribution >= 0.6 is 0 Å². The molecule has 0 aromatic heterocycles. The van der Waals surface area contributed by atoms with Gasteiger partial charge in [0.2, 0.25) is 0 Å². The van der Waals surface area contributed by atoms with E-state index in [0.717, 1.165) is 6.42 Å². The molecule has 2 unspecified atom stereocenters. The second-order valence-electron chi connectivity index (χ2n) is 4.15. The Bertz CT molecular complexity index is 205. The van der Waals surface area contributed by atoms with Gasteiger partial charge in [-0.05, 0) is 19.8 Å². The van der Waals surface area contributed by atoms with Crippen LogP contribution in [0.2, 0.25) is 0 Å². The minimum atomic E-state index is -4.14. The molecule has 0 aliphatic carbocycles. The van der Waals surface area contributed by atoms with Crippen LogP contribution in [-0.4, -0.2) is 35.7 Å². The quantitative estimate of drug-likeness (QED) is 0.752. The average Bonchev–Trinajstić information content (AvgIpc) is 2.46. The minimum Gasteiger partial charge on any atom is -0.324 e. The number of rotatable bonds is 2. The Morgan fingerprint density at radius 3 is 2.43 bits per heavy atom. The first kappa shape index (κ1) is 11.8. The number of alkyl halides is 3. The standard InChI is InChI=1S/C9H17F3N2/c1-3-8(13)4-5-14(6-8)7(2)9(10,11)12/h7H,3-6,13H2,1-2H3. The summed E-state index contributed by atoms with van der Waals surface area (Å²) in [6.07, 6.45) is -2.75. The van der Waals surface area contributed by atoms with Crippen molar-refractivity contribution >= 4 is 0 Å². The SMILES string of the molecule is CCC1(N)CCN(C(C)C(F)(F)F)C1. The molecule has 2 atom stereocenters. The molecular weight excluding hydrogens is 193 g/mol. The van der Waals surface area contributed by atoms with Crippen LogP contribution in [0.3, 0.4) is 0 Å². The molecule has 0 saturated carbocycles. The Morgan fingerprint density at radius 2 is 2.07 bits per heavy atom. The van der Waals surface area contributed by atoms with Crippen LogP contribution in [0.1, 0.15) is 26.7 Å². The zero-order valence-electron chi connectivity index (χ0n) is 8.56. The van der Waals surface area contributed by atoms with Crippen LogP contribution in [0, 0.1) is 0 Å². The van der Waals surface area contributed by atoms with Gasteiger partial charge in [0.15, 0.2) is 0 Å². The number of hydrogen-bond donors (Lipinski definition) is 1. The van der Waals surface area contributed by atoms with Crippen molar-refractivity contribution in [1.82, 2.24) is 4.90 Å². The molecule has 1 rings (SSSR count). The van der Waals surface area contributed by atoms with Crippen molar-refractivity contribution in [3.8, 4) is 0 Å². The normalized spacial score (nSPS) is 32.1. The number of hydrogen-bond acceptors (Lipinski definition) is 2. The van der Waals surface area contributed by atoms with E-state index in [9.17, 15) is 13.2 Å². The summed E-state index contributed by atoms with van der Waals surface area (Å²) in [7, 11) is 0. The minimum absolute atomic E-state index is 0.351. The fourth-order valence-corrected chi connectivity index (χ4v) is 1.76. The van der Waals surface area contributed by atoms with Gasteiger partial charge in [-0.2, -0.15) is 13.2 Å². The first-order chi connectivity index (χ1) is 6.28. The molecule has 0 spiro atoms. The van der Waals surface area contributed by atoms with Gasteiger partial charge >= 0.3 is 6.18 Å². The third-order valence-electron chi connectivity index (χ3n) is 3.14. The number of likely N-dealkylation sites (tertiary alicyclic amines) is 1. The van der Waals surface area contributed by atoms with Crippen LogP contribution in [0.5, 0.6) is 0 Å². The highest BCUT2D eigenvalue weighted by atomic mass is 19.4. The van der Waals surface area contributed by atoms with Gasteiger partial charge in [-0.3, -0.25) is 4.90 Å². The van der Waals surface area contributed by atoms with E-state index >= 15 is 0 Å². The fraction of sp³-hybridized carbons (Fsp3) is 1.00. The summed E-state index contributed by atoms with van der Waals surface area (Å²) in [5.41, 5.74) is 5.50. The van der Waals surface area contributed by atoms with Crippen LogP contribution < -0.4 is 5.73 Å². The van der Waals surface area contributed by atoms with Gasteiger partial charge in [-0.25, -0.2) is 0 Å². The summed E-state index contributed by atoms with van der Waals surface area (Å²) in [5.74, 6) is 0. The summed E-state index contributed by atoms with van der Waals surface area (Å²) in [6.45, 7) is 3.92. The van der Waals surface area contributed by atoms with Crippen molar-refractivity contribution in [1.29, 1.82) is 0 Å². The molecule has 0 bridgehead atoms. The van der Waals surface area contributed by atoms with E-state index in [-0.39, 0.29) is 0 Å². The largest absolute Gasteiger partial charge is 0.403 e. The third-order valence-corrected chi connectivity index (χ3v) is 3.14. The second kappa shape index (κ2) is 3.70. The Balaban J connectivity index is 2.58. The van der Waals surface area contributed by atoms with E-state index in [1.807, 2.05) is 6.92 Å². The molecule has 84 valence electrons. The molecule has 14 heavy (non-hydrogen) atoms. The maximum Gasteiger partial charge on any atom is 0.403 e. The maximum absolute atomic E-state index is 12.4. The van der Waals surface area contributed by atoms with Gasteiger partial charge < -0.3 is 5.73 Å². The number of halogens is 3. The van der Waals surface area contributed by atoms with E-state index < -0.39 is 17.8 Å². The highest BCUT2D eigenvalue weighted by molar-refractivity contribution is 4.95. The van der Waals surface area contributed by atoms with Crippen LogP contribution in [-0.2, 0) is 0 Å². The van der Waals surface area contributed by atoms with Gasteiger partial charge in [-0.1, -0.05) is 6.92 Å². The molecule has 0 amide bonds. The van der Waals surface area contributed by atoms with Crippen LogP contribution in [0.4, 0.5) is 13.2 Å². The van der Waals surface area contributed by atoms with Gasteiger partial charge in [0.05, 0.1) is 0 Å². The lowest BCUT2D eigenvalue weighted by Crippen LogP contribution is -2.47. The molecule has 1 heterocycles. The van der Waals surface area contributed by atoms with E-state index in [1.165, 1.54) is 11.8 Å². The Hall–Kier alpha value is -0.290. The third kappa shape index (κ3) is 2.39. The first-order valence-electron chi connectivity index (χ1n) is 4.88. The Labute approximate surface area is 82.2 Å². The van der Waals surface area contributed by atoms with Crippen LogP contribution in [0.15, 0.2) is 0 Å². The topological polar surface area (TPSA) is 29.3 Å². The van der Waals surface area contributed by atoms with Gasteiger partial charge in [0.1, 0.15) is 6.04 Å². The lowest BCUT2D eigenvalue weighted by atomic mass is 9.97. The van der Waals surface area contributed by atoms with Crippen molar-refractivity contribution in [3.63, 3.8) is 0 Å². The smallest absolute Gasteiger partial charge is 0.324 e. The molecule has 2 nitrogen and oxygen atoms in total. The highest BCUT2D eigenvalue weighted by Gasteiger charge is 2.45. The number of nitrogens with two attached hydrogens (primary N) is 1. The number of nitrogens with zero attached hydrogens (tertiary/aromatic N) is 1. The van der Waals surface area contributed by atoms with Crippen molar-refractivity contribution in [2.24, 2.45) is 5.73 Å². The van der Waals surface area contributed by atoms with Gasteiger partial charge in [-0.15, -0.1) is 0 Å². The predicted molar refractivity (Wildman–Crippen MR) is 48.9 cm³/mol. The monoisotopic (exact) mass is 210 g/mol. The first-order valence-corrected chi connectivity index (χ1v) is 4.88. The molecular formula is C9H17F3N2. The summed E-state index contributed by atoms with van der Waals surface area (Å²) in [6, 6.07) is -1.38. The Kier molecular flexibility index (Phi) is 3.11. The molecule has 1 aliphatic rings. The summed E-state index contributed by atoms with van der Waals surface area (Å²) in [4.78, 5) is 1.42. The van der Waals surface area contributed by atoms with Crippen molar-refractivity contribution in [3.05, 3.63) is 0 Å². The zero-order valence-corrected chi connectivity index (χ0v) is 8.56. The summed E-state index contributed by atoms with van der Waals surface area (Å²) in [5, 5.41) is 0. The van der Waals surface area contributed by atoms with E-state index in [2.05, 4.69) is 0 Å². The molecule has 1 saturated heterocycles. The summed E-state index contributed by atoms with van der Waals surface area (Å²) >= 11 is 0. The highest BCUT2D eigenvalue weighted by Crippen LogP contribution is 2.30. The van der Waals surface area contributed by atoms with Crippen molar-refractivity contribution in [2.45, 2.75) is 44.4 Å². The van der Waals surface area contributed by atoms with Crippen LogP contribution in [0.25, 0.3) is 0 Å². The molecule has 2 N–H and O–H groups in total. The predicted octanol–water partition coefficient (Wildman–Crippen LogP) is 1.75. The van der Waals surface area contributed by atoms with E-state index in [4.69, 9.17) is 5.73 Å². The zero-order chi connectivity index (χ0) is 11.0. The fourth-order valence-electron chi connectivity index (χ4n) is 1.76.